The second kappa shape index (κ2) is 5.95. The summed E-state index contributed by atoms with van der Waals surface area (Å²) in [5.74, 6) is 0.880. The zero-order chi connectivity index (χ0) is 13.0. The highest BCUT2D eigenvalue weighted by Gasteiger charge is 2.20. The molecule has 0 saturated carbocycles. The van der Waals surface area contributed by atoms with E-state index in [4.69, 9.17) is 0 Å². The van der Waals surface area contributed by atoms with E-state index in [9.17, 15) is 4.79 Å². The van der Waals surface area contributed by atoms with Crippen molar-refractivity contribution < 1.29 is 4.79 Å². The van der Waals surface area contributed by atoms with E-state index in [1.165, 1.54) is 0 Å². The topological polar surface area (TPSA) is 63.1 Å². The van der Waals surface area contributed by atoms with Crippen LogP contribution in [-0.4, -0.2) is 45.9 Å². The summed E-state index contributed by atoms with van der Waals surface area (Å²) in [6.45, 7) is 4.96. The van der Waals surface area contributed by atoms with Gasteiger partial charge in [0.15, 0.2) is 0 Å². The molecule has 1 aliphatic heterocycles. The van der Waals surface area contributed by atoms with Crippen LogP contribution in [-0.2, 0) is 17.9 Å². The van der Waals surface area contributed by atoms with Crippen molar-refractivity contribution in [3.63, 3.8) is 0 Å². The lowest BCUT2D eigenvalue weighted by atomic mass is 9.99. The predicted molar refractivity (Wildman–Crippen MR) is 67.8 cm³/mol. The molecule has 6 heteroatoms. The summed E-state index contributed by atoms with van der Waals surface area (Å²) in [4.78, 5) is 14.0. The molecular weight excluding hydrogens is 230 g/mol. The molecule has 100 valence electrons. The first-order valence-electron chi connectivity index (χ1n) is 6.50. The molecule has 1 aromatic heterocycles. The van der Waals surface area contributed by atoms with E-state index in [2.05, 4.69) is 22.6 Å². The molecule has 0 bridgehead atoms. The molecule has 0 atom stereocenters. The number of amides is 1. The highest BCUT2D eigenvalue weighted by molar-refractivity contribution is 5.75. The minimum absolute atomic E-state index is 0.141. The van der Waals surface area contributed by atoms with Crippen LogP contribution in [0.3, 0.4) is 0 Å². The summed E-state index contributed by atoms with van der Waals surface area (Å²) >= 11 is 0. The van der Waals surface area contributed by atoms with Crippen LogP contribution < -0.4 is 5.32 Å². The van der Waals surface area contributed by atoms with Gasteiger partial charge >= 0.3 is 0 Å². The average molecular weight is 251 g/mol. The molecule has 2 heterocycles. The van der Waals surface area contributed by atoms with Crippen LogP contribution in [0.4, 0.5) is 0 Å². The largest absolute Gasteiger partial charge is 0.341 e. The van der Waals surface area contributed by atoms with Crippen LogP contribution in [0.5, 0.6) is 0 Å². The number of piperidine rings is 1. The molecule has 6 nitrogen and oxygen atoms in total. The maximum absolute atomic E-state index is 12.1. The molecule has 1 aliphatic rings. The monoisotopic (exact) mass is 251 g/mol. The maximum atomic E-state index is 12.1. The molecule has 1 N–H and O–H groups in total. The molecule has 0 radical (unpaired) electrons. The number of hydrogen-bond acceptors (Lipinski definition) is 4. The molecule has 18 heavy (non-hydrogen) atoms. The standard InChI is InChI=1S/C12H21N5O/c1-10-3-5-16(6-4-10)12(18)9-17-8-11(7-13-2)14-15-17/h8,10,13H,3-7,9H2,1-2H3. The smallest absolute Gasteiger partial charge is 0.244 e. The summed E-state index contributed by atoms with van der Waals surface area (Å²) in [6, 6.07) is 0. The Morgan fingerprint density at radius 3 is 2.89 bits per heavy atom. The quantitative estimate of drug-likeness (QED) is 0.833. The van der Waals surface area contributed by atoms with E-state index in [1.807, 2.05) is 18.1 Å². The first-order chi connectivity index (χ1) is 8.69. The molecule has 1 amide bonds. The second-order valence-corrected chi connectivity index (χ2v) is 5.00. The normalized spacial score (nSPS) is 17.1. The molecule has 1 saturated heterocycles. The molecule has 1 aromatic rings. The van der Waals surface area contributed by atoms with Gasteiger partial charge in [-0.1, -0.05) is 12.1 Å². The number of hydrogen-bond donors (Lipinski definition) is 1. The van der Waals surface area contributed by atoms with E-state index in [-0.39, 0.29) is 5.91 Å². The van der Waals surface area contributed by atoms with Gasteiger partial charge in [0.05, 0.1) is 11.9 Å². The number of carbonyl (C=O) groups excluding carboxylic acids is 1. The van der Waals surface area contributed by atoms with Crippen LogP contribution in [0.15, 0.2) is 6.20 Å². The van der Waals surface area contributed by atoms with Gasteiger partial charge in [0.25, 0.3) is 0 Å². The average Bonchev–Trinajstić information content (AvgIpc) is 2.78. The first-order valence-corrected chi connectivity index (χ1v) is 6.50. The Hall–Kier alpha value is -1.43. The Balaban J connectivity index is 1.86. The van der Waals surface area contributed by atoms with Crippen LogP contribution in [0.1, 0.15) is 25.5 Å². The number of carbonyl (C=O) groups is 1. The van der Waals surface area contributed by atoms with Crippen molar-refractivity contribution in [2.75, 3.05) is 20.1 Å². The second-order valence-electron chi connectivity index (χ2n) is 5.00. The summed E-state index contributed by atoms with van der Waals surface area (Å²) in [5, 5.41) is 11.0. The van der Waals surface area contributed by atoms with Crippen molar-refractivity contribution in [2.45, 2.75) is 32.9 Å². The van der Waals surface area contributed by atoms with Gasteiger partial charge in [-0.3, -0.25) is 4.79 Å². The molecule has 0 unspecified atom stereocenters. The SMILES string of the molecule is CNCc1cn(CC(=O)N2CCC(C)CC2)nn1. The number of aromatic nitrogens is 3. The van der Waals surface area contributed by atoms with Crippen LogP contribution in [0.25, 0.3) is 0 Å². The Morgan fingerprint density at radius 1 is 1.50 bits per heavy atom. The Labute approximate surface area is 107 Å². The van der Waals surface area contributed by atoms with Crippen molar-refractivity contribution in [1.29, 1.82) is 0 Å². The summed E-state index contributed by atoms with van der Waals surface area (Å²) < 4.78 is 1.62. The van der Waals surface area contributed by atoms with E-state index in [0.717, 1.165) is 37.5 Å². The Kier molecular flexibility index (Phi) is 4.30. The number of likely N-dealkylation sites (tertiary alicyclic amines) is 1. The molecule has 1 fully saturated rings. The van der Waals surface area contributed by atoms with E-state index in [0.29, 0.717) is 13.1 Å². The highest BCUT2D eigenvalue weighted by Crippen LogP contribution is 2.16. The van der Waals surface area contributed by atoms with Gasteiger partial charge in [-0.15, -0.1) is 5.10 Å². The van der Waals surface area contributed by atoms with Gasteiger partial charge in [0.2, 0.25) is 5.91 Å². The Morgan fingerprint density at radius 2 is 2.22 bits per heavy atom. The molecular formula is C12H21N5O. The third-order valence-electron chi connectivity index (χ3n) is 3.38. The minimum atomic E-state index is 0.141. The molecule has 0 spiro atoms. The molecule has 0 aliphatic carbocycles. The van der Waals surface area contributed by atoms with Crippen LogP contribution >= 0.6 is 0 Å². The van der Waals surface area contributed by atoms with Gasteiger partial charge < -0.3 is 10.2 Å². The lowest BCUT2D eigenvalue weighted by Crippen LogP contribution is -2.39. The van der Waals surface area contributed by atoms with Crippen LogP contribution in [0, 0.1) is 5.92 Å². The fourth-order valence-corrected chi connectivity index (χ4v) is 2.17. The van der Waals surface area contributed by atoms with E-state index < -0.39 is 0 Å². The van der Waals surface area contributed by atoms with Gasteiger partial charge in [0, 0.05) is 19.6 Å². The lowest BCUT2D eigenvalue weighted by Gasteiger charge is -2.30. The predicted octanol–water partition coefficient (Wildman–Crippen LogP) is 0.256. The minimum Gasteiger partial charge on any atom is -0.341 e. The van der Waals surface area contributed by atoms with Crippen molar-refractivity contribution in [2.24, 2.45) is 5.92 Å². The van der Waals surface area contributed by atoms with Gasteiger partial charge in [-0.25, -0.2) is 4.68 Å². The van der Waals surface area contributed by atoms with Crippen LogP contribution in [0.2, 0.25) is 0 Å². The van der Waals surface area contributed by atoms with Gasteiger partial charge in [-0.2, -0.15) is 0 Å². The van der Waals surface area contributed by atoms with Crippen molar-refractivity contribution in [1.82, 2.24) is 25.2 Å². The lowest BCUT2D eigenvalue weighted by molar-refractivity contribution is -0.133. The number of nitrogens with one attached hydrogen (secondary N) is 1. The Bertz CT molecular complexity index is 395. The zero-order valence-electron chi connectivity index (χ0n) is 11.1. The molecule has 0 aromatic carbocycles. The van der Waals surface area contributed by atoms with Crippen molar-refractivity contribution in [3.05, 3.63) is 11.9 Å². The van der Waals surface area contributed by atoms with Crippen molar-refractivity contribution in [3.8, 4) is 0 Å². The zero-order valence-corrected chi connectivity index (χ0v) is 11.1. The summed E-state index contributed by atoms with van der Waals surface area (Å²) in [5.41, 5.74) is 0.859. The maximum Gasteiger partial charge on any atom is 0.244 e. The summed E-state index contributed by atoms with van der Waals surface area (Å²) in [7, 11) is 1.86. The third kappa shape index (κ3) is 3.29. The first kappa shape index (κ1) is 13.0. The fraction of sp³-hybridized carbons (Fsp3) is 0.750. The van der Waals surface area contributed by atoms with Crippen molar-refractivity contribution >= 4 is 5.91 Å². The van der Waals surface area contributed by atoms with E-state index in [1.54, 1.807) is 4.68 Å². The molecule has 2 rings (SSSR count). The number of nitrogens with zero attached hydrogens (tertiary/aromatic N) is 4. The van der Waals surface area contributed by atoms with E-state index >= 15 is 0 Å². The summed E-state index contributed by atoms with van der Waals surface area (Å²) in [6.07, 6.45) is 4.03. The van der Waals surface area contributed by atoms with Gasteiger partial charge in [-0.05, 0) is 25.8 Å². The van der Waals surface area contributed by atoms with Gasteiger partial charge in [0.1, 0.15) is 6.54 Å². The third-order valence-corrected chi connectivity index (χ3v) is 3.38. The number of rotatable bonds is 4. The highest BCUT2D eigenvalue weighted by atomic mass is 16.2. The fourth-order valence-electron chi connectivity index (χ4n) is 2.17.